The number of aromatic nitrogens is 1. The lowest BCUT2D eigenvalue weighted by atomic mass is 9.86. The summed E-state index contributed by atoms with van der Waals surface area (Å²) >= 11 is 0. The zero-order valence-electron chi connectivity index (χ0n) is 21.2. The third-order valence-corrected chi connectivity index (χ3v) is 7.65. The van der Waals surface area contributed by atoms with Crippen LogP contribution in [0.1, 0.15) is 28.4 Å². The number of carbonyl (C=O) groups is 2. The molecule has 3 aromatic carbocycles. The summed E-state index contributed by atoms with van der Waals surface area (Å²) in [7, 11) is 3.16. The van der Waals surface area contributed by atoms with Gasteiger partial charge in [-0.25, -0.2) is 4.39 Å². The Balaban J connectivity index is 1.40. The predicted octanol–water partition coefficient (Wildman–Crippen LogP) is 4.25. The Hall–Kier alpha value is -4.33. The molecule has 8 heteroatoms. The molecular weight excluding hydrogens is 485 g/mol. The molecule has 2 amide bonds. The molecule has 0 spiro atoms. The van der Waals surface area contributed by atoms with E-state index < -0.39 is 12.1 Å². The lowest BCUT2D eigenvalue weighted by Gasteiger charge is -2.47. The molecule has 2 atom stereocenters. The second kappa shape index (κ2) is 9.52. The maximum Gasteiger partial charge on any atom is 0.246 e. The van der Waals surface area contributed by atoms with Gasteiger partial charge in [-0.2, -0.15) is 0 Å². The number of halogens is 1. The van der Waals surface area contributed by atoms with E-state index in [9.17, 15) is 14.0 Å². The number of hydrogen-bond donors (Lipinski definition) is 1. The molecule has 194 valence electrons. The van der Waals surface area contributed by atoms with E-state index in [1.165, 1.54) is 12.1 Å². The molecule has 0 bridgehead atoms. The van der Waals surface area contributed by atoms with Gasteiger partial charge in [-0.15, -0.1) is 0 Å². The van der Waals surface area contributed by atoms with Gasteiger partial charge in [0.05, 0.1) is 26.8 Å². The molecule has 2 aliphatic heterocycles. The molecule has 0 saturated carbocycles. The lowest BCUT2D eigenvalue weighted by molar-refractivity contribution is -0.158. The molecule has 4 aromatic rings. The third-order valence-electron chi connectivity index (χ3n) is 7.65. The van der Waals surface area contributed by atoms with Gasteiger partial charge in [0.15, 0.2) is 11.5 Å². The minimum absolute atomic E-state index is 0.00409. The van der Waals surface area contributed by atoms with Crippen molar-refractivity contribution in [2.24, 2.45) is 0 Å². The Morgan fingerprint density at radius 3 is 2.50 bits per heavy atom. The molecule has 3 heterocycles. The Bertz CT molecular complexity index is 1530. The molecule has 7 nitrogen and oxygen atoms in total. The van der Waals surface area contributed by atoms with E-state index in [1.807, 2.05) is 42.5 Å². The predicted molar refractivity (Wildman–Crippen MR) is 141 cm³/mol. The number of carbonyl (C=O) groups excluding carboxylic acids is 2. The Morgan fingerprint density at radius 1 is 0.974 bits per heavy atom. The average molecular weight is 514 g/mol. The number of para-hydroxylation sites is 1. The monoisotopic (exact) mass is 513 g/mol. The van der Waals surface area contributed by atoms with Crippen LogP contribution in [0, 0.1) is 5.82 Å². The van der Waals surface area contributed by atoms with Crippen LogP contribution in [0.2, 0.25) is 0 Å². The number of piperazine rings is 1. The van der Waals surface area contributed by atoms with Crippen molar-refractivity contribution in [1.82, 2.24) is 14.8 Å². The number of ether oxygens (including phenoxy) is 2. The summed E-state index contributed by atoms with van der Waals surface area (Å²) in [4.78, 5) is 34.5. The van der Waals surface area contributed by atoms with E-state index in [0.717, 1.165) is 33.3 Å². The van der Waals surface area contributed by atoms with E-state index in [1.54, 1.807) is 36.2 Å². The van der Waals surface area contributed by atoms with Gasteiger partial charge in [0.1, 0.15) is 11.9 Å². The van der Waals surface area contributed by atoms with Crippen LogP contribution in [0.5, 0.6) is 11.5 Å². The summed E-state index contributed by atoms with van der Waals surface area (Å²) in [5, 5.41) is 1.05. The Kier molecular flexibility index (Phi) is 6.02. The van der Waals surface area contributed by atoms with Crippen molar-refractivity contribution < 1.29 is 23.5 Å². The van der Waals surface area contributed by atoms with Crippen molar-refractivity contribution in [3.05, 3.63) is 94.9 Å². The third kappa shape index (κ3) is 3.97. The van der Waals surface area contributed by atoms with Crippen LogP contribution in [-0.2, 0) is 22.4 Å². The lowest BCUT2D eigenvalue weighted by Crippen LogP contribution is -2.63. The summed E-state index contributed by atoms with van der Waals surface area (Å²) in [5.41, 5.74) is 4.68. The molecule has 2 aliphatic rings. The van der Waals surface area contributed by atoms with Crippen LogP contribution < -0.4 is 9.47 Å². The second-order valence-electron chi connectivity index (χ2n) is 9.74. The highest BCUT2D eigenvalue weighted by Gasteiger charge is 2.48. The SMILES string of the molecule is COc1ccc(C2c3[nH]c4ccccc4c3C[C@H]3C(=O)N(CCc4ccc(F)cc4)CC(=O)N23)cc1OC. The Labute approximate surface area is 219 Å². The standard InChI is InChI=1S/C30H28FN3O4/c1-37-25-12-9-19(15-26(25)38-2)29-28-22(21-5-3-4-6-23(21)32-28)16-24-30(36)33(17-27(35)34(24)29)14-13-18-7-10-20(31)11-8-18/h3-12,15,24,29,32H,13-14,16-17H2,1-2H3/t24-,29?/m0/s1. The van der Waals surface area contributed by atoms with E-state index in [0.29, 0.717) is 30.9 Å². The highest BCUT2D eigenvalue weighted by molar-refractivity contribution is 5.97. The average Bonchev–Trinajstić information content (AvgIpc) is 3.32. The fourth-order valence-corrected chi connectivity index (χ4v) is 5.80. The van der Waals surface area contributed by atoms with E-state index in [4.69, 9.17) is 9.47 Å². The number of nitrogens with zero attached hydrogens (tertiary/aromatic N) is 2. The summed E-state index contributed by atoms with van der Waals surface area (Å²) in [5.74, 6) is 0.660. The molecule has 38 heavy (non-hydrogen) atoms. The number of H-pyrrole nitrogens is 1. The minimum Gasteiger partial charge on any atom is -0.493 e. The molecular formula is C30H28FN3O4. The minimum atomic E-state index is -0.630. The highest BCUT2D eigenvalue weighted by atomic mass is 19.1. The van der Waals surface area contributed by atoms with Gasteiger partial charge in [0.2, 0.25) is 11.8 Å². The van der Waals surface area contributed by atoms with Gasteiger partial charge in [-0.3, -0.25) is 9.59 Å². The number of benzene rings is 3. The number of amides is 2. The zero-order chi connectivity index (χ0) is 26.4. The topological polar surface area (TPSA) is 74.9 Å². The number of rotatable bonds is 6. The molecule has 1 aromatic heterocycles. The van der Waals surface area contributed by atoms with Gasteiger partial charge in [0, 0.05) is 29.6 Å². The first-order valence-electron chi connectivity index (χ1n) is 12.6. The van der Waals surface area contributed by atoms with Crippen molar-refractivity contribution in [3.63, 3.8) is 0 Å². The fourth-order valence-electron chi connectivity index (χ4n) is 5.80. The van der Waals surface area contributed by atoms with Crippen LogP contribution in [0.3, 0.4) is 0 Å². The van der Waals surface area contributed by atoms with Gasteiger partial charge < -0.3 is 24.3 Å². The van der Waals surface area contributed by atoms with Gasteiger partial charge in [-0.05, 0) is 53.4 Å². The molecule has 0 aliphatic carbocycles. The summed E-state index contributed by atoms with van der Waals surface area (Å²) in [6.07, 6.45) is 0.976. The van der Waals surface area contributed by atoms with Crippen LogP contribution in [0.15, 0.2) is 66.7 Å². The largest absolute Gasteiger partial charge is 0.493 e. The number of nitrogens with one attached hydrogen (secondary N) is 1. The maximum atomic E-state index is 13.9. The molecule has 0 radical (unpaired) electrons. The normalized spacial score (nSPS) is 18.9. The zero-order valence-corrected chi connectivity index (χ0v) is 21.2. The first-order chi connectivity index (χ1) is 18.5. The maximum absolute atomic E-state index is 13.9. The van der Waals surface area contributed by atoms with Crippen LogP contribution >= 0.6 is 0 Å². The second-order valence-corrected chi connectivity index (χ2v) is 9.74. The van der Waals surface area contributed by atoms with Gasteiger partial charge in [0.25, 0.3) is 0 Å². The molecule has 1 saturated heterocycles. The first-order valence-corrected chi connectivity index (χ1v) is 12.6. The van der Waals surface area contributed by atoms with E-state index >= 15 is 0 Å². The molecule has 6 rings (SSSR count). The van der Waals surface area contributed by atoms with Crippen molar-refractivity contribution in [2.45, 2.75) is 24.9 Å². The first kappa shape index (κ1) is 24.0. The van der Waals surface area contributed by atoms with Crippen LogP contribution in [-0.4, -0.2) is 59.9 Å². The summed E-state index contributed by atoms with van der Waals surface area (Å²) < 4.78 is 24.3. The molecule has 1 fully saturated rings. The summed E-state index contributed by atoms with van der Waals surface area (Å²) in [6.45, 7) is 0.387. The number of aromatic amines is 1. The quantitative estimate of drug-likeness (QED) is 0.418. The molecule has 1 unspecified atom stereocenters. The van der Waals surface area contributed by atoms with Crippen molar-refractivity contribution in [1.29, 1.82) is 0 Å². The number of hydrogen-bond acceptors (Lipinski definition) is 4. The fraction of sp³-hybridized carbons (Fsp3) is 0.267. The van der Waals surface area contributed by atoms with E-state index in [2.05, 4.69) is 4.98 Å². The molecule has 1 N–H and O–H groups in total. The van der Waals surface area contributed by atoms with Crippen molar-refractivity contribution in [2.75, 3.05) is 27.3 Å². The van der Waals surface area contributed by atoms with Crippen molar-refractivity contribution >= 4 is 22.7 Å². The van der Waals surface area contributed by atoms with Crippen LogP contribution in [0.25, 0.3) is 10.9 Å². The highest BCUT2D eigenvalue weighted by Crippen LogP contribution is 2.44. The van der Waals surface area contributed by atoms with Gasteiger partial charge in [-0.1, -0.05) is 36.4 Å². The summed E-state index contributed by atoms with van der Waals surface area (Å²) in [6, 6.07) is 18.8. The van der Waals surface area contributed by atoms with Crippen molar-refractivity contribution in [3.8, 4) is 11.5 Å². The smallest absolute Gasteiger partial charge is 0.246 e. The van der Waals surface area contributed by atoms with Crippen LogP contribution in [0.4, 0.5) is 4.39 Å². The number of methoxy groups -OCH3 is 2. The Morgan fingerprint density at radius 2 is 1.74 bits per heavy atom. The number of fused-ring (bicyclic) bond motifs is 4. The van der Waals surface area contributed by atoms with E-state index in [-0.39, 0.29) is 24.2 Å². The van der Waals surface area contributed by atoms with Gasteiger partial charge >= 0.3 is 0 Å².